The summed E-state index contributed by atoms with van der Waals surface area (Å²) in [5, 5.41) is 12.1. The van der Waals surface area contributed by atoms with Crippen LogP contribution in [0, 0.1) is 0 Å². The molecule has 3 rings (SSSR count). The van der Waals surface area contributed by atoms with Gasteiger partial charge in [0.05, 0.1) is 10.6 Å². The summed E-state index contributed by atoms with van der Waals surface area (Å²) in [5.74, 6) is 1.41. The van der Waals surface area contributed by atoms with Crippen LogP contribution >= 0.6 is 15.9 Å². The van der Waals surface area contributed by atoms with Crippen molar-refractivity contribution in [2.24, 2.45) is 0 Å². The van der Waals surface area contributed by atoms with Gasteiger partial charge < -0.3 is 9.84 Å². The highest BCUT2D eigenvalue weighted by Crippen LogP contribution is 2.37. The van der Waals surface area contributed by atoms with Gasteiger partial charge in [0.2, 0.25) is 0 Å². The van der Waals surface area contributed by atoms with Crippen LogP contribution in [-0.2, 0) is 0 Å². The first-order valence-corrected chi connectivity index (χ1v) is 7.58. The lowest BCUT2D eigenvalue weighted by molar-refractivity contribution is 0.195. The van der Waals surface area contributed by atoms with Gasteiger partial charge in [-0.2, -0.15) is 0 Å². The molecule has 21 heavy (non-hydrogen) atoms. The molecule has 0 heterocycles. The topological polar surface area (TPSA) is 29.5 Å². The zero-order valence-corrected chi connectivity index (χ0v) is 13.2. The number of aliphatic hydroxyl groups excluding tert-OH is 1. The standard InChI is InChI=1S/C18H15BrO2/c1-12(20)14-7-4-5-9-16(14)21-17-11-10-13-6-2-3-8-15(13)18(17)19/h2-12,20H,1H3/t12-/m1/s1. The Morgan fingerprint density at radius 3 is 2.43 bits per heavy atom. The molecule has 3 aromatic carbocycles. The van der Waals surface area contributed by atoms with Gasteiger partial charge in [-0.05, 0) is 45.8 Å². The van der Waals surface area contributed by atoms with Crippen molar-refractivity contribution >= 4 is 26.7 Å². The Balaban J connectivity index is 2.05. The fourth-order valence-corrected chi connectivity index (χ4v) is 2.90. The molecule has 0 fully saturated rings. The SMILES string of the molecule is C[C@@H](O)c1ccccc1Oc1ccc2ccccc2c1Br. The highest BCUT2D eigenvalue weighted by molar-refractivity contribution is 9.10. The average Bonchev–Trinajstić information content (AvgIpc) is 2.51. The van der Waals surface area contributed by atoms with Gasteiger partial charge in [0.1, 0.15) is 11.5 Å². The fraction of sp³-hybridized carbons (Fsp3) is 0.111. The molecule has 0 spiro atoms. The van der Waals surface area contributed by atoms with E-state index >= 15 is 0 Å². The molecule has 3 aromatic rings. The van der Waals surface area contributed by atoms with Crippen molar-refractivity contribution in [1.82, 2.24) is 0 Å². The van der Waals surface area contributed by atoms with Crippen LogP contribution in [0.15, 0.2) is 65.1 Å². The van der Waals surface area contributed by atoms with Crippen molar-refractivity contribution in [3.63, 3.8) is 0 Å². The van der Waals surface area contributed by atoms with E-state index in [9.17, 15) is 5.11 Å². The molecule has 0 amide bonds. The molecule has 0 unspecified atom stereocenters. The van der Waals surface area contributed by atoms with Crippen molar-refractivity contribution < 1.29 is 9.84 Å². The molecular weight excluding hydrogens is 328 g/mol. The molecule has 0 radical (unpaired) electrons. The average molecular weight is 343 g/mol. The number of hydrogen-bond donors (Lipinski definition) is 1. The summed E-state index contributed by atoms with van der Waals surface area (Å²) in [6.07, 6.45) is -0.569. The Hall–Kier alpha value is -1.84. The van der Waals surface area contributed by atoms with E-state index in [0.29, 0.717) is 5.75 Å². The van der Waals surface area contributed by atoms with E-state index < -0.39 is 6.10 Å². The number of fused-ring (bicyclic) bond motifs is 1. The molecule has 0 bridgehead atoms. The van der Waals surface area contributed by atoms with Crippen LogP contribution in [0.2, 0.25) is 0 Å². The van der Waals surface area contributed by atoms with E-state index in [1.165, 1.54) is 0 Å². The molecule has 2 nitrogen and oxygen atoms in total. The Bertz CT molecular complexity index is 781. The maximum absolute atomic E-state index is 9.83. The summed E-state index contributed by atoms with van der Waals surface area (Å²) in [6.45, 7) is 1.73. The third kappa shape index (κ3) is 2.80. The number of halogens is 1. The van der Waals surface area contributed by atoms with Crippen LogP contribution in [-0.4, -0.2) is 5.11 Å². The normalized spacial score (nSPS) is 12.3. The van der Waals surface area contributed by atoms with Crippen molar-refractivity contribution in [1.29, 1.82) is 0 Å². The molecule has 0 aliphatic rings. The highest BCUT2D eigenvalue weighted by atomic mass is 79.9. The third-order valence-electron chi connectivity index (χ3n) is 3.42. The van der Waals surface area contributed by atoms with Crippen LogP contribution in [0.3, 0.4) is 0 Å². The molecule has 3 heteroatoms. The van der Waals surface area contributed by atoms with Gasteiger partial charge in [0, 0.05) is 5.56 Å². The number of rotatable bonds is 3. The molecule has 1 N–H and O–H groups in total. The van der Waals surface area contributed by atoms with Crippen LogP contribution in [0.4, 0.5) is 0 Å². The van der Waals surface area contributed by atoms with Crippen molar-refractivity contribution in [3.8, 4) is 11.5 Å². The summed E-state index contributed by atoms with van der Waals surface area (Å²) < 4.78 is 6.92. The van der Waals surface area contributed by atoms with Crippen LogP contribution in [0.25, 0.3) is 10.8 Å². The first-order valence-electron chi connectivity index (χ1n) is 6.79. The monoisotopic (exact) mass is 342 g/mol. The van der Waals surface area contributed by atoms with E-state index in [2.05, 4.69) is 22.0 Å². The lowest BCUT2D eigenvalue weighted by Crippen LogP contribution is -1.96. The number of benzene rings is 3. The van der Waals surface area contributed by atoms with Crippen LogP contribution in [0.5, 0.6) is 11.5 Å². The Kier molecular flexibility index (Phi) is 3.95. The van der Waals surface area contributed by atoms with Gasteiger partial charge in [-0.15, -0.1) is 0 Å². The lowest BCUT2D eigenvalue weighted by atomic mass is 10.1. The molecule has 106 valence electrons. The van der Waals surface area contributed by atoms with Crippen molar-refractivity contribution in [2.75, 3.05) is 0 Å². The second-order valence-electron chi connectivity index (χ2n) is 4.91. The summed E-state index contributed by atoms with van der Waals surface area (Å²) in [6, 6.07) is 19.6. The predicted molar refractivity (Wildman–Crippen MR) is 88.8 cm³/mol. The second-order valence-corrected chi connectivity index (χ2v) is 5.71. The first kappa shape index (κ1) is 14.1. The van der Waals surface area contributed by atoms with E-state index in [0.717, 1.165) is 26.6 Å². The minimum atomic E-state index is -0.569. The Morgan fingerprint density at radius 2 is 1.62 bits per heavy atom. The van der Waals surface area contributed by atoms with Gasteiger partial charge in [-0.1, -0.05) is 48.5 Å². The zero-order valence-electron chi connectivity index (χ0n) is 11.6. The Morgan fingerprint density at radius 1 is 0.905 bits per heavy atom. The second kappa shape index (κ2) is 5.88. The largest absolute Gasteiger partial charge is 0.456 e. The van der Waals surface area contributed by atoms with Gasteiger partial charge in [-0.25, -0.2) is 0 Å². The summed E-state index contributed by atoms with van der Waals surface area (Å²) in [5.41, 5.74) is 0.776. The maximum atomic E-state index is 9.83. The molecule has 0 saturated heterocycles. The minimum Gasteiger partial charge on any atom is -0.456 e. The van der Waals surface area contributed by atoms with Crippen molar-refractivity contribution in [3.05, 3.63) is 70.7 Å². The quantitative estimate of drug-likeness (QED) is 0.685. The third-order valence-corrected chi connectivity index (χ3v) is 4.23. The van der Waals surface area contributed by atoms with Gasteiger partial charge in [-0.3, -0.25) is 0 Å². The predicted octanol–water partition coefficient (Wildman–Crippen LogP) is 5.45. The molecule has 0 saturated carbocycles. The number of aliphatic hydroxyl groups is 1. The highest BCUT2D eigenvalue weighted by Gasteiger charge is 2.12. The Labute approximate surface area is 132 Å². The molecule has 0 aliphatic heterocycles. The van der Waals surface area contributed by atoms with Gasteiger partial charge in [0.15, 0.2) is 0 Å². The first-order chi connectivity index (χ1) is 10.2. The molecule has 0 aromatic heterocycles. The molecule has 1 atom stereocenters. The fourth-order valence-electron chi connectivity index (χ4n) is 2.33. The van der Waals surface area contributed by atoms with Crippen LogP contribution < -0.4 is 4.74 Å². The number of para-hydroxylation sites is 1. The minimum absolute atomic E-state index is 0.569. The zero-order chi connectivity index (χ0) is 14.8. The van der Waals surface area contributed by atoms with E-state index in [1.54, 1.807) is 6.92 Å². The van der Waals surface area contributed by atoms with Gasteiger partial charge >= 0.3 is 0 Å². The summed E-state index contributed by atoms with van der Waals surface area (Å²) in [4.78, 5) is 0. The van der Waals surface area contributed by atoms with E-state index in [4.69, 9.17) is 4.74 Å². The smallest absolute Gasteiger partial charge is 0.142 e. The number of hydrogen-bond acceptors (Lipinski definition) is 2. The maximum Gasteiger partial charge on any atom is 0.142 e. The lowest BCUT2D eigenvalue weighted by Gasteiger charge is -2.14. The van der Waals surface area contributed by atoms with Gasteiger partial charge in [0.25, 0.3) is 0 Å². The summed E-state index contributed by atoms with van der Waals surface area (Å²) >= 11 is 3.61. The van der Waals surface area contributed by atoms with E-state index in [-0.39, 0.29) is 0 Å². The molecular formula is C18H15BrO2. The summed E-state index contributed by atoms with van der Waals surface area (Å²) in [7, 11) is 0. The van der Waals surface area contributed by atoms with Crippen molar-refractivity contribution in [2.45, 2.75) is 13.0 Å². The number of ether oxygens (including phenoxy) is 1. The molecule has 0 aliphatic carbocycles. The van der Waals surface area contributed by atoms with Crippen LogP contribution in [0.1, 0.15) is 18.6 Å². The van der Waals surface area contributed by atoms with E-state index in [1.807, 2.05) is 54.6 Å².